The molecule has 0 rings (SSSR count). The predicted octanol–water partition coefficient (Wildman–Crippen LogP) is 12.5. The van der Waals surface area contributed by atoms with Crippen LogP contribution in [0.5, 0.6) is 0 Å². The maximum atomic E-state index is 6.91. The van der Waals surface area contributed by atoms with Gasteiger partial charge >= 0.3 is 8.56 Å². The summed E-state index contributed by atoms with van der Waals surface area (Å²) in [6, 6.07) is 1.29. The lowest BCUT2D eigenvalue weighted by Gasteiger charge is -2.41. The first-order valence-electron chi connectivity index (χ1n) is 14.9. The van der Waals surface area contributed by atoms with Crippen LogP contribution in [-0.2, 0) is 8.23 Å². The van der Waals surface area contributed by atoms with Crippen molar-refractivity contribution in [2.24, 2.45) is 0 Å². The van der Waals surface area contributed by atoms with E-state index in [1.54, 1.807) is 0 Å². The van der Waals surface area contributed by atoms with Crippen LogP contribution >= 0.6 is 0 Å². The molecule has 0 heterocycles. The first-order valence-corrected chi connectivity index (χ1v) is 23.8. The highest BCUT2D eigenvalue weighted by Gasteiger charge is 2.41. The van der Waals surface area contributed by atoms with E-state index < -0.39 is 25.2 Å². The maximum Gasteiger partial charge on any atom is 0.311 e. The molecule has 1 atom stereocenters. The second-order valence-corrected chi connectivity index (χ2v) is 25.0. The van der Waals surface area contributed by atoms with Crippen molar-refractivity contribution < 1.29 is 8.23 Å². The van der Waals surface area contributed by atoms with Crippen molar-refractivity contribution in [1.29, 1.82) is 0 Å². The zero-order valence-electron chi connectivity index (χ0n) is 24.6. The Morgan fingerprint density at radius 3 is 1.31 bits per heavy atom. The molecule has 0 aromatic rings. The summed E-state index contributed by atoms with van der Waals surface area (Å²) in [6.07, 6.45) is 23.7. The van der Waals surface area contributed by atoms with Gasteiger partial charge in [-0.3, -0.25) is 0 Å². The molecule has 0 saturated heterocycles. The summed E-state index contributed by atoms with van der Waals surface area (Å²) >= 11 is 0. The molecule has 0 bridgehead atoms. The zero-order chi connectivity index (χ0) is 25.2. The van der Waals surface area contributed by atoms with E-state index in [2.05, 4.69) is 60.1 Å². The van der Waals surface area contributed by atoms with E-state index >= 15 is 0 Å². The van der Waals surface area contributed by atoms with E-state index in [4.69, 9.17) is 8.23 Å². The van der Waals surface area contributed by atoms with Crippen LogP contribution in [0.2, 0.25) is 50.9 Å². The van der Waals surface area contributed by atoms with E-state index in [9.17, 15) is 0 Å². The highest BCUT2D eigenvalue weighted by molar-refractivity contribution is 6.88. The second-order valence-electron chi connectivity index (χ2n) is 12.4. The van der Waals surface area contributed by atoms with Gasteiger partial charge in [0.15, 0.2) is 16.6 Å². The maximum absolute atomic E-state index is 6.91. The molecule has 5 heteroatoms. The third kappa shape index (κ3) is 23.4. The molecule has 0 N–H and O–H groups in total. The van der Waals surface area contributed by atoms with Crippen LogP contribution < -0.4 is 0 Å². The van der Waals surface area contributed by atoms with Gasteiger partial charge < -0.3 is 8.23 Å². The largest absolute Gasteiger partial charge is 0.437 e. The van der Waals surface area contributed by atoms with E-state index in [1.165, 1.54) is 115 Å². The van der Waals surface area contributed by atoms with Crippen molar-refractivity contribution in [3.05, 3.63) is 0 Å². The van der Waals surface area contributed by atoms with Crippen LogP contribution in [0.25, 0.3) is 0 Å². The van der Waals surface area contributed by atoms with Gasteiger partial charge in [-0.05, 0) is 50.9 Å². The highest BCUT2D eigenvalue weighted by atomic mass is 28.5. The molecule has 0 fully saturated rings. The monoisotopic (exact) mass is 548 g/mol. The first-order chi connectivity index (χ1) is 15.5. The molecule has 0 saturated carbocycles. The van der Waals surface area contributed by atoms with Crippen LogP contribution in [0, 0.1) is 0 Å². The van der Waals surface area contributed by atoms with Gasteiger partial charge in [0.2, 0.25) is 0 Å². The van der Waals surface area contributed by atoms with Gasteiger partial charge in [0.1, 0.15) is 0 Å². The molecular formula is C30H72O2Si3. The molecule has 1 unspecified atom stereocenters. The van der Waals surface area contributed by atoms with Crippen molar-refractivity contribution in [2.45, 2.75) is 196 Å². The Bertz CT molecular complexity index is 453. The SMILES string of the molecule is C.C.CCCCCCCCCCC[Si](C)(C)O[Si](C)(C)O[Si](C)(C)C(C)CCCCCCCCC. The average molecular weight is 549 g/mol. The molecule has 0 radical (unpaired) electrons. The molecule has 216 valence electrons. The quantitative estimate of drug-likeness (QED) is 0.0933. The molecule has 0 spiro atoms. The predicted molar refractivity (Wildman–Crippen MR) is 172 cm³/mol. The molecule has 2 nitrogen and oxygen atoms in total. The lowest BCUT2D eigenvalue weighted by atomic mass is 10.1. The third-order valence-electron chi connectivity index (χ3n) is 7.34. The Balaban J connectivity index is -0.00000512. The van der Waals surface area contributed by atoms with Crippen molar-refractivity contribution in [3.63, 3.8) is 0 Å². The van der Waals surface area contributed by atoms with Gasteiger partial charge in [-0.15, -0.1) is 0 Å². The molecule has 35 heavy (non-hydrogen) atoms. The molecule has 0 aliphatic rings. The summed E-state index contributed by atoms with van der Waals surface area (Å²) in [5.74, 6) is 0. The summed E-state index contributed by atoms with van der Waals surface area (Å²) in [5.41, 5.74) is 0.714. The summed E-state index contributed by atoms with van der Waals surface area (Å²) in [5, 5.41) is 0. The summed E-state index contributed by atoms with van der Waals surface area (Å²) in [6.45, 7) is 21.4. The van der Waals surface area contributed by atoms with Gasteiger partial charge in [-0.1, -0.05) is 145 Å². The van der Waals surface area contributed by atoms with Crippen LogP contribution in [0.15, 0.2) is 0 Å². The number of hydrogen-bond donors (Lipinski definition) is 0. The minimum absolute atomic E-state index is 0. The van der Waals surface area contributed by atoms with Crippen molar-refractivity contribution in [1.82, 2.24) is 0 Å². The standard InChI is InChI=1S/C28H64O2Si3.2CH4/c1-10-12-14-16-18-19-21-23-25-27-31(4,5)29-33(8,9)30-32(6,7)28(3)26-24-22-20-17-15-13-11-2;;/h28H,10-27H2,1-9H3;2*1H4. The van der Waals surface area contributed by atoms with Crippen LogP contribution in [-0.4, -0.2) is 25.2 Å². The minimum atomic E-state index is -2.08. The van der Waals surface area contributed by atoms with Gasteiger partial charge in [0, 0.05) is 0 Å². The minimum Gasteiger partial charge on any atom is -0.437 e. The molecule has 0 aromatic carbocycles. The van der Waals surface area contributed by atoms with Crippen molar-refractivity contribution in [2.75, 3.05) is 0 Å². The molecule has 0 aliphatic heterocycles. The molecular weight excluding hydrogens is 477 g/mol. The molecule has 0 aliphatic carbocycles. The Morgan fingerprint density at radius 1 is 0.514 bits per heavy atom. The smallest absolute Gasteiger partial charge is 0.311 e. The zero-order valence-corrected chi connectivity index (χ0v) is 27.6. The number of hydrogen-bond acceptors (Lipinski definition) is 2. The Labute approximate surface area is 228 Å². The summed E-state index contributed by atoms with van der Waals surface area (Å²) < 4.78 is 13.8. The van der Waals surface area contributed by atoms with Gasteiger partial charge in [0.25, 0.3) is 0 Å². The summed E-state index contributed by atoms with van der Waals surface area (Å²) in [4.78, 5) is 0. The lowest BCUT2D eigenvalue weighted by Crippen LogP contribution is -2.53. The van der Waals surface area contributed by atoms with E-state index in [1.807, 2.05) is 0 Å². The van der Waals surface area contributed by atoms with Gasteiger partial charge in [-0.25, -0.2) is 0 Å². The van der Waals surface area contributed by atoms with E-state index in [-0.39, 0.29) is 14.9 Å². The molecule has 0 aromatic heterocycles. The van der Waals surface area contributed by atoms with Crippen LogP contribution in [0.3, 0.4) is 0 Å². The van der Waals surface area contributed by atoms with Gasteiger partial charge in [-0.2, -0.15) is 0 Å². The fraction of sp³-hybridized carbons (Fsp3) is 1.00. The van der Waals surface area contributed by atoms with Crippen LogP contribution in [0.1, 0.15) is 145 Å². The number of rotatable bonds is 23. The third-order valence-corrected chi connectivity index (χ3v) is 19.8. The Kier molecular flexibility index (Phi) is 25.8. The Hall–Kier alpha value is 0.571. The van der Waals surface area contributed by atoms with Crippen LogP contribution in [0.4, 0.5) is 0 Å². The normalized spacial score (nSPS) is 13.3. The van der Waals surface area contributed by atoms with E-state index in [0.717, 1.165) is 0 Å². The fourth-order valence-electron chi connectivity index (χ4n) is 5.09. The fourth-order valence-corrected chi connectivity index (χ4v) is 19.2. The van der Waals surface area contributed by atoms with Gasteiger partial charge in [0.05, 0.1) is 0 Å². The highest BCUT2D eigenvalue weighted by Crippen LogP contribution is 2.33. The topological polar surface area (TPSA) is 18.5 Å². The average Bonchev–Trinajstić information content (AvgIpc) is 2.70. The van der Waals surface area contributed by atoms with Crippen molar-refractivity contribution >= 4 is 25.2 Å². The van der Waals surface area contributed by atoms with E-state index in [0.29, 0.717) is 5.54 Å². The molecule has 0 amide bonds. The van der Waals surface area contributed by atoms with Crippen molar-refractivity contribution in [3.8, 4) is 0 Å². The lowest BCUT2D eigenvalue weighted by molar-refractivity contribution is 0.378. The second kappa shape index (κ2) is 22.5. The summed E-state index contributed by atoms with van der Waals surface area (Å²) in [7, 11) is -5.45. The first kappa shape index (κ1) is 40.1. The Morgan fingerprint density at radius 2 is 0.886 bits per heavy atom. The number of unbranched alkanes of at least 4 members (excludes halogenated alkanes) is 14.